The fourth-order valence-corrected chi connectivity index (χ4v) is 6.00. The number of hydrogen-bond acceptors (Lipinski definition) is 6. The van der Waals surface area contributed by atoms with Crippen LogP contribution in [0.15, 0.2) is 47.5 Å². The van der Waals surface area contributed by atoms with Crippen molar-refractivity contribution < 1.29 is 8.42 Å². The van der Waals surface area contributed by atoms with E-state index >= 15 is 0 Å². The zero-order chi connectivity index (χ0) is 22.3. The van der Waals surface area contributed by atoms with Crippen molar-refractivity contribution in [2.24, 2.45) is 0 Å². The van der Waals surface area contributed by atoms with Gasteiger partial charge in [0, 0.05) is 43.6 Å². The predicted molar refractivity (Wildman–Crippen MR) is 124 cm³/mol. The maximum Gasteiger partial charge on any atom is 0.243 e. The molecule has 5 rings (SSSR count). The van der Waals surface area contributed by atoms with E-state index in [9.17, 15) is 8.42 Å². The second-order valence-corrected chi connectivity index (χ2v) is 10.4. The monoisotopic (exact) mass is 449 g/mol. The molecule has 3 heterocycles. The van der Waals surface area contributed by atoms with Gasteiger partial charge in [0.05, 0.1) is 4.90 Å². The van der Waals surface area contributed by atoms with Crippen LogP contribution < -0.4 is 4.90 Å². The van der Waals surface area contributed by atoms with E-state index in [4.69, 9.17) is 4.98 Å². The van der Waals surface area contributed by atoms with Crippen molar-refractivity contribution in [1.82, 2.24) is 19.3 Å². The van der Waals surface area contributed by atoms with Crippen LogP contribution in [-0.4, -0.2) is 53.9 Å². The summed E-state index contributed by atoms with van der Waals surface area (Å²) in [6.45, 7) is 6.02. The molecule has 166 valence electrons. The number of nitrogens with zero attached hydrogens (tertiary/aromatic N) is 5. The lowest BCUT2D eigenvalue weighted by Crippen LogP contribution is -2.49. The quantitative estimate of drug-likeness (QED) is 0.609. The van der Waals surface area contributed by atoms with Gasteiger partial charge < -0.3 is 4.90 Å². The van der Waals surface area contributed by atoms with Crippen molar-refractivity contribution in [2.45, 2.75) is 38.0 Å². The van der Waals surface area contributed by atoms with Gasteiger partial charge in [0.2, 0.25) is 10.0 Å². The molecular formula is C24H27N5O2S. The van der Waals surface area contributed by atoms with E-state index in [0.29, 0.717) is 36.9 Å². The molecule has 8 heteroatoms. The lowest BCUT2D eigenvalue weighted by molar-refractivity contribution is 0.383. The topological polar surface area (TPSA) is 79.3 Å². The molecule has 3 aromatic rings. The first-order valence-corrected chi connectivity index (χ1v) is 12.5. The molecule has 1 saturated heterocycles. The Kier molecular flexibility index (Phi) is 5.43. The number of aromatic nitrogens is 3. The van der Waals surface area contributed by atoms with Crippen molar-refractivity contribution >= 4 is 15.8 Å². The van der Waals surface area contributed by atoms with Gasteiger partial charge in [-0.2, -0.15) is 4.31 Å². The van der Waals surface area contributed by atoms with Crippen molar-refractivity contribution in [3.05, 3.63) is 65.0 Å². The molecule has 1 aliphatic carbocycles. The van der Waals surface area contributed by atoms with Gasteiger partial charge in [-0.3, -0.25) is 4.98 Å². The number of hydrogen-bond donors (Lipinski definition) is 0. The van der Waals surface area contributed by atoms with Crippen LogP contribution in [0.1, 0.15) is 28.8 Å². The number of aryl methyl sites for hydroxylation is 3. The molecule has 0 N–H and O–H groups in total. The van der Waals surface area contributed by atoms with Crippen LogP contribution in [0.5, 0.6) is 0 Å². The fraction of sp³-hybridized carbons (Fsp3) is 0.375. The van der Waals surface area contributed by atoms with Gasteiger partial charge >= 0.3 is 0 Å². The van der Waals surface area contributed by atoms with E-state index in [1.54, 1.807) is 16.6 Å². The third kappa shape index (κ3) is 3.78. The summed E-state index contributed by atoms with van der Waals surface area (Å²) in [6, 6.07) is 11.3. The minimum absolute atomic E-state index is 0.415. The van der Waals surface area contributed by atoms with Gasteiger partial charge in [-0.15, -0.1) is 0 Å². The number of benzene rings is 1. The maximum atomic E-state index is 13.3. The molecular weight excluding hydrogens is 422 g/mol. The summed E-state index contributed by atoms with van der Waals surface area (Å²) in [4.78, 5) is 16.4. The molecule has 0 unspecified atom stereocenters. The van der Waals surface area contributed by atoms with Crippen LogP contribution in [0.2, 0.25) is 0 Å². The molecule has 0 atom stereocenters. The Labute approximate surface area is 189 Å². The van der Waals surface area contributed by atoms with Crippen molar-refractivity contribution in [3.8, 4) is 11.5 Å². The van der Waals surface area contributed by atoms with Gasteiger partial charge in [-0.25, -0.2) is 18.4 Å². The highest BCUT2D eigenvalue weighted by Crippen LogP contribution is 2.28. The van der Waals surface area contributed by atoms with Crippen LogP contribution in [-0.2, 0) is 22.9 Å². The number of rotatable bonds is 4. The van der Waals surface area contributed by atoms with Crippen molar-refractivity contribution in [3.63, 3.8) is 0 Å². The van der Waals surface area contributed by atoms with Crippen LogP contribution in [0.25, 0.3) is 11.5 Å². The summed E-state index contributed by atoms with van der Waals surface area (Å²) in [5.74, 6) is 1.45. The second-order valence-electron chi connectivity index (χ2n) is 8.47. The lowest BCUT2D eigenvalue weighted by atomic mass is 10.1. The first-order chi connectivity index (χ1) is 15.4. The SMILES string of the molecule is Cc1nc(-c2ccccn2)nc(N2CCN(S(=O)(=O)c3ccc4c(c3)CCC4)CC2)c1C. The second kappa shape index (κ2) is 8.26. The third-order valence-electron chi connectivity index (χ3n) is 6.50. The van der Waals surface area contributed by atoms with Crippen LogP contribution in [0.4, 0.5) is 5.82 Å². The van der Waals surface area contributed by atoms with Crippen molar-refractivity contribution in [2.75, 3.05) is 31.1 Å². The zero-order valence-electron chi connectivity index (χ0n) is 18.5. The van der Waals surface area contributed by atoms with E-state index in [0.717, 1.165) is 42.0 Å². The number of piperazine rings is 1. The van der Waals surface area contributed by atoms with E-state index in [1.807, 2.05) is 44.2 Å². The van der Waals surface area contributed by atoms with Crippen molar-refractivity contribution in [1.29, 1.82) is 0 Å². The number of sulfonamides is 1. The van der Waals surface area contributed by atoms with Gasteiger partial charge in [-0.1, -0.05) is 12.1 Å². The Morgan fingerprint density at radius 1 is 0.906 bits per heavy atom. The first-order valence-electron chi connectivity index (χ1n) is 11.1. The van der Waals surface area contributed by atoms with E-state index < -0.39 is 10.0 Å². The normalized spacial score (nSPS) is 16.9. The molecule has 0 bridgehead atoms. The number of fused-ring (bicyclic) bond motifs is 1. The Bertz CT molecular complexity index is 1250. The van der Waals surface area contributed by atoms with Crippen LogP contribution >= 0.6 is 0 Å². The molecule has 0 spiro atoms. The summed E-state index contributed by atoms with van der Waals surface area (Å²) >= 11 is 0. The highest BCUT2D eigenvalue weighted by Gasteiger charge is 2.30. The molecule has 0 saturated carbocycles. The highest BCUT2D eigenvalue weighted by atomic mass is 32.2. The molecule has 0 amide bonds. The van der Waals surface area contributed by atoms with Gasteiger partial charge in [0.25, 0.3) is 0 Å². The largest absolute Gasteiger partial charge is 0.354 e. The Morgan fingerprint density at radius 2 is 1.69 bits per heavy atom. The molecule has 1 fully saturated rings. The summed E-state index contributed by atoms with van der Waals surface area (Å²) in [5.41, 5.74) is 5.11. The summed E-state index contributed by atoms with van der Waals surface area (Å²) in [6.07, 6.45) is 4.86. The molecule has 1 aromatic carbocycles. The Hall–Kier alpha value is -2.84. The third-order valence-corrected chi connectivity index (χ3v) is 8.40. The van der Waals surface area contributed by atoms with Gasteiger partial charge in [0.15, 0.2) is 5.82 Å². The Balaban J connectivity index is 1.36. The lowest BCUT2D eigenvalue weighted by Gasteiger charge is -2.35. The average Bonchev–Trinajstić information content (AvgIpc) is 3.29. The molecule has 7 nitrogen and oxygen atoms in total. The zero-order valence-corrected chi connectivity index (χ0v) is 19.3. The van der Waals surface area contributed by atoms with Crippen LogP contribution in [0, 0.1) is 13.8 Å². The molecule has 0 radical (unpaired) electrons. The number of anilines is 1. The first kappa shape index (κ1) is 21.0. The summed E-state index contributed by atoms with van der Waals surface area (Å²) in [5, 5.41) is 0. The number of pyridine rings is 1. The van der Waals surface area contributed by atoms with Gasteiger partial charge in [0.1, 0.15) is 11.5 Å². The fourth-order valence-electron chi connectivity index (χ4n) is 4.53. The minimum atomic E-state index is -3.49. The van der Waals surface area contributed by atoms with E-state index in [1.165, 1.54) is 11.1 Å². The minimum Gasteiger partial charge on any atom is -0.354 e. The highest BCUT2D eigenvalue weighted by molar-refractivity contribution is 7.89. The van der Waals surface area contributed by atoms with E-state index in [-0.39, 0.29) is 0 Å². The summed E-state index contributed by atoms with van der Waals surface area (Å²) in [7, 11) is -3.49. The molecule has 32 heavy (non-hydrogen) atoms. The molecule has 2 aromatic heterocycles. The van der Waals surface area contributed by atoms with Crippen LogP contribution in [0.3, 0.4) is 0 Å². The summed E-state index contributed by atoms with van der Waals surface area (Å²) < 4.78 is 28.1. The molecule has 1 aliphatic heterocycles. The standard InChI is InChI=1S/C24H27N5O2S/c1-17-18(2)26-23(22-8-3-4-11-25-22)27-24(17)28-12-14-29(15-13-28)32(30,31)21-10-9-19-6-5-7-20(19)16-21/h3-4,8-11,16H,5-7,12-15H2,1-2H3. The molecule has 2 aliphatic rings. The smallest absolute Gasteiger partial charge is 0.243 e. The Morgan fingerprint density at radius 3 is 2.44 bits per heavy atom. The van der Waals surface area contributed by atoms with E-state index in [2.05, 4.69) is 14.9 Å². The average molecular weight is 450 g/mol. The predicted octanol–water partition coefficient (Wildman–Crippen LogP) is 3.16. The maximum absolute atomic E-state index is 13.3. The van der Waals surface area contributed by atoms with Gasteiger partial charge in [-0.05, 0) is 68.5 Å².